The summed E-state index contributed by atoms with van der Waals surface area (Å²) in [7, 11) is -4.59. The van der Waals surface area contributed by atoms with Crippen molar-refractivity contribution in [2.75, 3.05) is 18.8 Å². The lowest BCUT2D eigenvalue weighted by atomic mass is 10.2. The summed E-state index contributed by atoms with van der Waals surface area (Å²) in [6, 6.07) is 2.74. The average molecular weight is 328 g/mol. The number of hydrogen-bond donors (Lipinski definition) is 1. The van der Waals surface area contributed by atoms with Crippen LogP contribution in [0.5, 0.6) is 0 Å². The third-order valence-electron chi connectivity index (χ3n) is 2.50. The average Bonchev–Trinajstić information content (AvgIpc) is 2.24. The normalized spacial score (nSPS) is 13.1. The molecule has 4 nitrogen and oxygen atoms in total. The van der Waals surface area contributed by atoms with Gasteiger partial charge in [-0.3, -0.25) is 0 Å². The summed E-state index contributed by atoms with van der Waals surface area (Å²) in [4.78, 5) is -0.818. The Labute approximate surface area is 120 Å². The highest BCUT2D eigenvalue weighted by Gasteiger charge is 2.38. The van der Waals surface area contributed by atoms with E-state index in [1.165, 1.54) is 0 Å². The molecule has 0 spiro atoms. The number of nitrogens with two attached hydrogens (primary N) is 1. The highest BCUT2D eigenvalue weighted by Crippen LogP contribution is 2.26. The van der Waals surface area contributed by atoms with Gasteiger partial charge in [0.2, 0.25) is 10.0 Å². The number of rotatable bonds is 5. The van der Waals surface area contributed by atoms with Gasteiger partial charge in [0, 0.05) is 12.2 Å². The first-order chi connectivity index (χ1) is 9.43. The van der Waals surface area contributed by atoms with Gasteiger partial charge in [0.1, 0.15) is 17.3 Å². The van der Waals surface area contributed by atoms with E-state index in [1.54, 1.807) is 13.8 Å². The molecule has 0 unspecified atom stereocenters. The van der Waals surface area contributed by atoms with E-state index in [-0.39, 0.29) is 22.5 Å². The van der Waals surface area contributed by atoms with E-state index in [2.05, 4.69) is 0 Å². The van der Waals surface area contributed by atoms with Crippen molar-refractivity contribution in [2.45, 2.75) is 24.9 Å². The van der Waals surface area contributed by atoms with Gasteiger partial charge in [-0.05, 0) is 24.1 Å². The van der Waals surface area contributed by atoms with Gasteiger partial charge in [-0.1, -0.05) is 13.8 Å². The van der Waals surface area contributed by atoms with Crippen molar-refractivity contribution in [3.05, 3.63) is 24.0 Å². The van der Waals surface area contributed by atoms with E-state index in [0.29, 0.717) is 0 Å². The molecule has 0 radical (unpaired) electrons. The number of nitrogens with zero attached hydrogens (tertiary/aromatic N) is 1. The first-order valence-corrected chi connectivity index (χ1v) is 7.49. The van der Waals surface area contributed by atoms with Gasteiger partial charge in [-0.2, -0.15) is 17.5 Å². The van der Waals surface area contributed by atoms with Crippen molar-refractivity contribution in [3.63, 3.8) is 0 Å². The lowest BCUT2D eigenvalue weighted by molar-refractivity contribution is -0.136. The molecule has 21 heavy (non-hydrogen) atoms. The van der Waals surface area contributed by atoms with Gasteiger partial charge < -0.3 is 5.73 Å². The van der Waals surface area contributed by atoms with Crippen LogP contribution in [-0.2, 0) is 10.0 Å². The molecule has 0 aliphatic heterocycles. The Bertz CT molecular complexity index is 600. The summed E-state index contributed by atoms with van der Waals surface area (Å²) in [5.74, 6) is -1.52. The summed E-state index contributed by atoms with van der Waals surface area (Å²) < 4.78 is 76.0. The molecule has 9 heteroatoms. The topological polar surface area (TPSA) is 63.4 Å². The lowest BCUT2D eigenvalue weighted by Crippen LogP contribution is -2.41. The van der Waals surface area contributed by atoms with Crippen LogP contribution in [0.15, 0.2) is 23.1 Å². The van der Waals surface area contributed by atoms with Gasteiger partial charge in [-0.15, -0.1) is 0 Å². The molecule has 0 heterocycles. The Morgan fingerprint density at radius 2 is 1.86 bits per heavy atom. The van der Waals surface area contributed by atoms with E-state index < -0.39 is 33.5 Å². The summed E-state index contributed by atoms with van der Waals surface area (Å²) in [5.41, 5.74) is 5.28. The fraction of sp³-hybridized carbons (Fsp3) is 0.500. The Morgan fingerprint density at radius 1 is 1.29 bits per heavy atom. The monoisotopic (exact) mass is 328 g/mol. The maximum Gasteiger partial charge on any atom is 0.402 e. The number of sulfonamides is 1. The molecule has 0 saturated heterocycles. The summed E-state index contributed by atoms with van der Waals surface area (Å²) in [6.45, 7) is 1.10. The van der Waals surface area contributed by atoms with Crippen LogP contribution < -0.4 is 5.73 Å². The number of benzene rings is 1. The van der Waals surface area contributed by atoms with E-state index in [1.807, 2.05) is 0 Å². The van der Waals surface area contributed by atoms with Crippen LogP contribution >= 0.6 is 0 Å². The predicted molar refractivity (Wildman–Crippen MR) is 70.5 cm³/mol. The molecule has 0 amide bonds. The van der Waals surface area contributed by atoms with Gasteiger partial charge in [-0.25, -0.2) is 12.8 Å². The van der Waals surface area contributed by atoms with Crippen LogP contribution in [0.1, 0.15) is 13.8 Å². The fourth-order valence-electron chi connectivity index (χ4n) is 1.72. The highest BCUT2D eigenvalue weighted by molar-refractivity contribution is 7.89. The minimum absolute atomic E-state index is 0.0160. The third kappa shape index (κ3) is 4.85. The number of nitrogen functional groups attached to an aromatic ring is 1. The molecule has 0 aromatic heterocycles. The standard InChI is InChI=1S/C12H16F4N2O2S/c1-8(2)6-18(7-12(14,15)16)21(19,20)11-4-3-9(17)5-10(11)13/h3-5,8H,6-7,17H2,1-2H3. The van der Waals surface area contributed by atoms with Crippen LogP contribution in [0.4, 0.5) is 23.2 Å². The van der Waals surface area contributed by atoms with Crippen LogP contribution in [0.3, 0.4) is 0 Å². The SMILES string of the molecule is CC(C)CN(CC(F)(F)F)S(=O)(=O)c1ccc(N)cc1F. The summed E-state index contributed by atoms with van der Waals surface area (Å²) in [5, 5.41) is 0. The maximum absolute atomic E-state index is 13.7. The first kappa shape index (κ1) is 17.7. The predicted octanol–water partition coefficient (Wildman–Crippen LogP) is 2.62. The number of halogens is 4. The van der Waals surface area contributed by atoms with E-state index in [4.69, 9.17) is 5.73 Å². The number of anilines is 1. The zero-order valence-electron chi connectivity index (χ0n) is 11.5. The quantitative estimate of drug-likeness (QED) is 0.667. The van der Waals surface area contributed by atoms with Crippen LogP contribution in [0, 0.1) is 11.7 Å². The van der Waals surface area contributed by atoms with Gasteiger partial charge in [0.05, 0.1) is 0 Å². The molecule has 0 aliphatic carbocycles. The third-order valence-corrected chi connectivity index (χ3v) is 4.34. The second-order valence-corrected chi connectivity index (χ2v) is 6.90. The Hall–Kier alpha value is -1.35. The van der Waals surface area contributed by atoms with Crippen LogP contribution in [0.2, 0.25) is 0 Å². The number of alkyl halides is 3. The fourth-order valence-corrected chi connectivity index (χ4v) is 3.35. The van der Waals surface area contributed by atoms with Crippen LogP contribution in [0.25, 0.3) is 0 Å². The van der Waals surface area contributed by atoms with Crippen molar-refractivity contribution in [1.82, 2.24) is 4.31 Å². The highest BCUT2D eigenvalue weighted by atomic mass is 32.2. The molecule has 2 N–H and O–H groups in total. The second-order valence-electron chi connectivity index (χ2n) is 5.00. The van der Waals surface area contributed by atoms with Crippen molar-refractivity contribution in [3.8, 4) is 0 Å². The van der Waals surface area contributed by atoms with Crippen molar-refractivity contribution >= 4 is 15.7 Å². The lowest BCUT2D eigenvalue weighted by Gasteiger charge is -2.25. The first-order valence-electron chi connectivity index (χ1n) is 6.05. The zero-order chi connectivity index (χ0) is 16.4. The summed E-state index contributed by atoms with van der Waals surface area (Å²) >= 11 is 0. The minimum atomic E-state index is -4.72. The molecule has 0 atom stereocenters. The zero-order valence-corrected chi connectivity index (χ0v) is 12.3. The van der Waals surface area contributed by atoms with Gasteiger partial charge >= 0.3 is 6.18 Å². The molecule has 0 bridgehead atoms. The van der Waals surface area contributed by atoms with Gasteiger partial charge in [0.15, 0.2) is 0 Å². The largest absolute Gasteiger partial charge is 0.402 e. The molecule has 120 valence electrons. The molecule has 1 aromatic rings. The Balaban J connectivity index is 3.26. The molecule has 0 fully saturated rings. The molecule has 0 saturated carbocycles. The Morgan fingerprint density at radius 3 is 2.29 bits per heavy atom. The van der Waals surface area contributed by atoms with Crippen molar-refractivity contribution < 1.29 is 26.0 Å². The molecular weight excluding hydrogens is 312 g/mol. The molecule has 0 aliphatic rings. The smallest absolute Gasteiger partial charge is 0.399 e. The Kier molecular flexibility index (Phi) is 5.21. The van der Waals surface area contributed by atoms with Crippen LogP contribution in [-0.4, -0.2) is 32.0 Å². The second kappa shape index (κ2) is 6.18. The molecule has 1 rings (SSSR count). The molecular formula is C12H16F4N2O2S. The number of hydrogen-bond acceptors (Lipinski definition) is 3. The van der Waals surface area contributed by atoms with E-state index in [9.17, 15) is 26.0 Å². The van der Waals surface area contributed by atoms with Gasteiger partial charge in [0.25, 0.3) is 0 Å². The van der Waals surface area contributed by atoms with Crippen molar-refractivity contribution in [1.29, 1.82) is 0 Å². The van der Waals surface area contributed by atoms with E-state index in [0.717, 1.165) is 18.2 Å². The van der Waals surface area contributed by atoms with E-state index >= 15 is 0 Å². The maximum atomic E-state index is 13.7. The minimum Gasteiger partial charge on any atom is -0.399 e. The molecule has 1 aromatic carbocycles. The van der Waals surface area contributed by atoms with Crippen molar-refractivity contribution in [2.24, 2.45) is 5.92 Å². The summed E-state index contributed by atoms with van der Waals surface area (Å²) in [6.07, 6.45) is -4.72.